The Morgan fingerprint density at radius 1 is 1.03 bits per heavy atom. The number of nitrogens with one attached hydrogen (secondary N) is 3. The van der Waals surface area contributed by atoms with E-state index in [4.69, 9.17) is 9.47 Å². The zero-order valence-electron chi connectivity index (χ0n) is 16.6. The maximum Gasteiger partial charge on any atom is 0.229 e. The largest absolute Gasteiger partial charge is 0.496 e. The van der Waals surface area contributed by atoms with Gasteiger partial charge in [-0.25, -0.2) is 9.97 Å². The van der Waals surface area contributed by atoms with Crippen LogP contribution >= 0.6 is 0 Å². The maximum atomic E-state index is 5.74. The van der Waals surface area contributed by atoms with Gasteiger partial charge < -0.3 is 25.1 Å². The number of nitrogens with zero attached hydrogens (tertiary/aromatic N) is 4. The zero-order chi connectivity index (χ0) is 20.4. The molecular weight excluding hydrogens is 370 g/mol. The monoisotopic (exact) mass is 391 g/mol. The van der Waals surface area contributed by atoms with Crippen LogP contribution < -0.4 is 20.1 Å². The standard InChI is InChI=1S/C20H21N7O2/c1-11-7-17(21-2)27-20(25-11)26-12-5-6-16(28-3)18(19(12)29-4)14-8-13-15(9-22-14)24-10-23-13/h5-10H,1-4H3,(H,23,24)(H2,21,25,26,27). The number of hydrogen-bond acceptors (Lipinski definition) is 8. The second kappa shape index (κ2) is 7.63. The van der Waals surface area contributed by atoms with Gasteiger partial charge in [0.15, 0.2) is 5.75 Å². The van der Waals surface area contributed by atoms with Gasteiger partial charge in [-0.3, -0.25) is 4.98 Å². The number of fused-ring (bicyclic) bond motifs is 1. The van der Waals surface area contributed by atoms with Gasteiger partial charge in [-0.05, 0) is 25.1 Å². The second-order valence-corrected chi connectivity index (χ2v) is 6.31. The van der Waals surface area contributed by atoms with E-state index in [-0.39, 0.29) is 0 Å². The average molecular weight is 391 g/mol. The van der Waals surface area contributed by atoms with Crippen molar-refractivity contribution in [2.24, 2.45) is 0 Å². The molecule has 0 aliphatic heterocycles. The number of aromatic amines is 1. The van der Waals surface area contributed by atoms with Gasteiger partial charge in [0.05, 0.1) is 54.7 Å². The fourth-order valence-corrected chi connectivity index (χ4v) is 3.13. The fraction of sp³-hybridized carbons (Fsp3) is 0.200. The van der Waals surface area contributed by atoms with E-state index in [1.54, 1.807) is 26.7 Å². The molecule has 0 atom stereocenters. The summed E-state index contributed by atoms with van der Waals surface area (Å²) >= 11 is 0. The quantitative estimate of drug-likeness (QED) is 0.458. The molecule has 9 heteroatoms. The van der Waals surface area contributed by atoms with Gasteiger partial charge in [-0.15, -0.1) is 0 Å². The third-order valence-electron chi connectivity index (χ3n) is 4.46. The Morgan fingerprint density at radius 2 is 1.90 bits per heavy atom. The van der Waals surface area contributed by atoms with E-state index in [1.807, 2.05) is 38.2 Å². The van der Waals surface area contributed by atoms with Crippen LogP contribution in [0.15, 0.2) is 36.8 Å². The van der Waals surface area contributed by atoms with Crippen molar-refractivity contribution < 1.29 is 9.47 Å². The van der Waals surface area contributed by atoms with E-state index in [0.717, 1.165) is 22.5 Å². The van der Waals surface area contributed by atoms with Crippen LogP contribution in [0.5, 0.6) is 11.5 Å². The summed E-state index contributed by atoms with van der Waals surface area (Å²) in [7, 11) is 5.03. The number of aromatic nitrogens is 5. The average Bonchev–Trinajstić information content (AvgIpc) is 3.20. The number of aryl methyl sites for hydroxylation is 1. The van der Waals surface area contributed by atoms with E-state index in [1.165, 1.54) is 0 Å². The molecule has 0 saturated heterocycles. The van der Waals surface area contributed by atoms with Gasteiger partial charge in [-0.2, -0.15) is 4.98 Å². The van der Waals surface area contributed by atoms with Crippen molar-refractivity contribution in [3.05, 3.63) is 42.5 Å². The highest BCUT2D eigenvalue weighted by molar-refractivity contribution is 5.87. The molecule has 0 spiro atoms. The molecule has 3 heterocycles. The van der Waals surface area contributed by atoms with Gasteiger partial charge in [0, 0.05) is 18.8 Å². The molecule has 29 heavy (non-hydrogen) atoms. The molecule has 0 amide bonds. The lowest BCUT2D eigenvalue weighted by atomic mass is 10.1. The molecule has 4 aromatic rings. The number of imidazole rings is 1. The van der Waals surface area contributed by atoms with Gasteiger partial charge >= 0.3 is 0 Å². The predicted molar refractivity (Wildman–Crippen MR) is 112 cm³/mol. The lowest BCUT2D eigenvalue weighted by molar-refractivity contribution is 0.398. The highest BCUT2D eigenvalue weighted by Gasteiger charge is 2.19. The van der Waals surface area contributed by atoms with Gasteiger partial charge in [-0.1, -0.05) is 0 Å². The lowest BCUT2D eigenvalue weighted by Crippen LogP contribution is -2.04. The van der Waals surface area contributed by atoms with Crippen molar-refractivity contribution in [1.82, 2.24) is 24.9 Å². The molecule has 148 valence electrons. The van der Waals surface area contributed by atoms with Crippen LogP contribution in [0.1, 0.15) is 5.69 Å². The number of hydrogen-bond donors (Lipinski definition) is 3. The Balaban J connectivity index is 1.84. The molecule has 0 aliphatic rings. The minimum atomic E-state index is 0.458. The first-order valence-electron chi connectivity index (χ1n) is 8.98. The summed E-state index contributed by atoms with van der Waals surface area (Å²) in [5.74, 6) is 2.39. The summed E-state index contributed by atoms with van der Waals surface area (Å²) in [4.78, 5) is 20.8. The summed E-state index contributed by atoms with van der Waals surface area (Å²) in [6, 6.07) is 7.47. The first-order valence-corrected chi connectivity index (χ1v) is 8.98. The number of rotatable bonds is 6. The van der Waals surface area contributed by atoms with E-state index < -0.39 is 0 Å². The molecule has 4 rings (SSSR count). The van der Waals surface area contributed by atoms with Gasteiger partial charge in [0.25, 0.3) is 0 Å². The molecular formula is C20H21N7O2. The summed E-state index contributed by atoms with van der Waals surface area (Å²) in [5.41, 5.74) is 4.59. The summed E-state index contributed by atoms with van der Waals surface area (Å²) in [5, 5.41) is 6.27. The van der Waals surface area contributed by atoms with Crippen molar-refractivity contribution in [2.75, 3.05) is 31.9 Å². The summed E-state index contributed by atoms with van der Waals surface area (Å²) < 4.78 is 11.3. The summed E-state index contributed by atoms with van der Waals surface area (Å²) in [6.07, 6.45) is 3.37. The lowest BCUT2D eigenvalue weighted by Gasteiger charge is -2.17. The van der Waals surface area contributed by atoms with Crippen molar-refractivity contribution in [1.29, 1.82) is 0 Å². The topological polar surface area (TPSA) is 110 Å². The van der Waals surface area contributed by atoms with Crippen molar-refractivity contribution in [3.8, 4) is 22.8 Å². The first-order chi connectivity index (χ1) is 14.1. The molecule has 0 aliphatic carbocycles. The van der Waals surface area contributed by atoms with Crippen molar-refractivity contribution in [2.45, 2.75) is 6.92 Å². The van der Waals surface area contributed by atoms with E-state index >= 15 is 0 Å². The van der Waals surface area contributed by atoms with Crippen LogP contribution in [0.25, 0.3) is 22.3 Å². The van der Waals surface area contributed by atoms with Crippen LogP contribution in [0.2, 0.25) is 0 Å². The predicted octanol–water partition coefficient (Wildman–Crippen LogP) is 3.53. The van der Waals surface area contributed by atoms with E-state index in [0.29, 0.717) is 34.4 Å². The number of anilines is 3. The molecule has 0 unspecified atom stereocenters. The molecule has 9 nitrogen and oxygen atoms in total. The third kappa shape index (κ3) is 3.49. The molecule has 1 aromatic carbocycles. The number of benzene rings is 1. The highest BCUT2D eigenvalue weighted by atomic mass is 16.5. The Labute approximate surface area is 167 Å². The maximum absolute atomic E-state index is 5.74. The van der Waals surface area contributed by atoms with Gasteiger partial charge in [0.1, 0.15) is 11.6 Å². The summed E-state index contributed by atoms with van der Waals surface area (Å²) in [6.45, 7) is 1.91. The minimum absolute atomic E-state index is 0.458. The molecule has 0 fully saturated rings. The first kappa shape index (κ1) is 18.5. The Morgan fingerprint density at radius 3 is 2.66 bits per heavy atom. The van der Waals surface area contributed by atoms with Crippen LogP contribution in [-0.2, 0) is 0 Å². The highest BCUT2D eigenvalue weighted by Crippen LogP contribution is 2.43. The second-order valence-electron chi connectivity index (χ2n) is 6.31. The number of pyridine rings is 1. The molecule has 0 saturated carbocycles. The van der Waals surface area contributed by atoms with Gasteiger partial charge in [0.2, 0.25) is 5.95 Å². The van der Waals surface area contributed by atoms with E-state index in [2.05, 4.69) is 35.6 Å². The number of H-pyrrole nitrogens is 1. The Hall–Kier alpha value is -3.88. The van der Waals surface area contributed by atoms with Crippen molar-refractivity contribution in [3.63, 3.8) is 0 Å². The van der Waals surface area contributed by atoms with Crippen LogP contribution in [-0.4, -0.2) is 46.2 Å². The molecule has 3 N–H and O–H groups in total. The minimum Gasteiger partial charge on any atom is -0.496 e. The van der Waals surface area contributed by atoms with E-state index in [9.17, 15) is 0 Å². The number of methoxy groups -OCH3 is 2. The van der Waals surface area contributed by atoms with Crippen LogP contribution in [0.3, 0.4) is 0 Å². The Bertz CT molecular complexity index is 1170. The Kier molecular flexibility index (Phi) is 4.86. The van der Waals surface area contributed by atoms with Crippen LogP contribution in [0.4, 0.5) is 17.5 Å². The zero-order valence-corrected chi connectivity index (χ0v) is 16.6. The normalized spacial score (nSPS) is 10.8. The molecule has 0 bridgehead atoms. The van der Waals surface area contributed by atoms with Crippen LogP contribution in [0, 0.1) is 6.92 Å². The SMILES string of the molecule is CNc1cc(C)nc(Nc2ccc(OC)c(-c3cc4nc[nH]c4cn3)c2OC)n1. The fourth-order valence-electron chi connectivity index (χ4n) is 3.13. The number of ether oxygens (including phenoxy) is 2. The molecule has 0 radical (unpaired) electrons. The van der Waals surface area contributed by atoms with Crippen molar-refractivity contribution >= 4 is 28.5 Å². The smallest absolute Gasteiger partial charge is 0.229 e. The molecule has 3 aromatic heterocycles. The third-order valence-corrected chi connectivity index (χ3v) is 4.46.